The average molecular weight is 210 g/mol. The number of hydrogen-bond acceptors (Lipinski definition) is 0. The van der Waals surface area contributed by atoms with Gasteiger partial charge < -0.3 is 0 Å². The first-order chi connectivity index (χ1) is 7.83. The van der Waals surface area contributed by atoms with Gasteiger partial charge in [0.15, 0.2) is 0 Å². The fourth-order valence-electron chi connectivity index (χ4n) is 2.20. The molecule has 0 aromatic heterocycles. The Morgan fingerprint density at radius 2 is 1.50 bits per heavy atom. The number of benzene rings is 2. The van der Waals surface area contributed by atoms with E-state index in [1.807, 2.05) is 0 Å². The summed E-state index contributed by atoms with van der Waals surface area (Å²) in [5, 5.41) is 0. The molecule has 0 aliphatic rings. The lowest BCUT2D eigenvalue weighted by molar-refractivity contribution is 0.893. The summed E-state index contributed by atoms with van der Waals surface area (Å²) in [6.45, 7) is 4.50. The summed E-state index contributed by atoms with van der Waals surface area (Å²) >= 11 is 0. The molecule has 0 bridgehead atoms. The lowest BCUT2D eigenvalue weighted by Gasteiger charge is -2.16. The molecule has 0 radical (unpaired) electrons. The van der Waals surface area contributed by atoms with Crippen LogP contribution in [0.1, 0.15) is 36.5 Å². The second kappa shape index (κ2) is 4.98. The third kappa shape index (κ3) is 2.16. The number of aryl methyl sites for hydroxylation is 1. The molecule has 2 aromatic rings. The van der Waals surface area contributed by atoms with Crippen LogP contribution >= 0.6 is 0 Å². The molecule has 0 aliphatic heterocycles. The topological polar surface area (TPSA) is 0 Å². The molecule has 0 N–H and O–H groups in total. The third-order valence-corrected chi connectivity index (χ3v) is 3.20. The predicted molar refractivity (Wildman–Crippen MR) is 69.8 cm³/mol. The quantitative estimate of drug-likeness (QED) is 0.704. The van der Waals surface area contributed by atoms with Crippen LogP contribution in [0.4, 0.5) is 0 Å². The fraction of sp³-hybridized carbons (Fsp3) is 0.250. The van der Waals surface area contributed by atoms with Crippen LogP contribution in [-0.4, -0.2) is 0 Å². The summed E-state index contributed by atoms with van der Waals surface area (Å²) in [5.41, 5.74) is 4.30. The normalized spacial score (nSPS) is 12.4. The van der Waals surface area contributed by atoms with Gasteiger partial charge in [-0.3, -0.25) is 0 Å². The molecule has 0 amide bonds. The fourth-order valence-corrected chi connectivity index (χ4v) is 2.20. The molecule has 2 rings (SSSR count). The standard InChI is InChI=1S/C16H18/c1-3-14-9-7-8-12-16(14)13(2)15-10-5-4-6-11-15/h4-13H,3H2,1-2H3/t13-/m1/s1. The van der Waals surface area contributed by atoms with Gasteiger partial charge in [0.1, 0.15) is 0 Å². The second-order valence-electron chi connectivity index (χ2n) is 4.18. The third-order valence-electron chi connectivity index (χ3n) is 3.20. The molecular weight excluding hydrogens is 192 g/mol. The van der Waals surface area contributed by atoms with Crippen LogP contribution < -0.4 is 0 Å². The van der Waals surface area contributed by atoms with Crippen molar-refractivity contribution in [1.29, 1.82) is 0 Å². The Hall–Kier alpha value is -1.56. The average Bonchev–Trinajstić information content (AvgIpc) is 2.39. The number of hydrogen-bond donors (Lipinski definition) is 0. The van der Waals surface area contributed by atoms with Crippen LogP contribution in [0.5, 0.6) is 0 Å². The van der Waals surface area contributed by atoms with E-state index in [0.717, 1.165) is 6.42 Å². The van der Waals surface area contributed by atoms with E-state index in [2.05, 4.69) is 68.4 Å². The van der Waals surface area contributed by atoms with Gasteiger partial charge in [-0.05, 0) is 23.1 Å². The van der Waals surface area contributed by atoms with Crippen molar-refractivity contribution in [3.63, 3.8) is 0 Å². The molecule has 0 unspecified atom stereocenters. The van der Waals surface area contributed by atoms with Gasteiger partial charge >= 0.3 is 0 Å². The largest absolute Gasteiger partial charge is 0.0622 e. The van der Waals surface area contributed by atoms with Gasteiger partial charge in [0.25, 0.3) is 0 Å². The summed E-state index contributed by atoms with van der Waals surface area (Å²) < 4.78 is 0. The van der Waals surface area contributed by atoms with E-state index in [4.69, 9.17) is 0 Å². The van der Waals surface area contributed by atoms with E-state index in [1.165, 1.54) is 16.7 Å². The Morgan fingerprint density at radius 1 is 0.875 bits per heavy atom. The highest BCUT2D eigenvalue weighted by atomic mass is 14.1. The highest BCUT2D eigenvalue weighted by Crippen LogP contribution is 2.26. The van der Waals surface area contributed by atoms with Crippen molar-refractivity contribution in [3.8, 4) is 0 Å². The van der Waals surface area contributed by atoms with Crippen molar-refractivity contribution in [2.75, 3.05) is 0 Å². The smallest absolute Gasteiger partial charge is 0.00637 e. The molecule has 16 heavy (non-hydrogen) atoms. The summed E-state index contributed by atoms with van der Waals surface area (Å²) in [4.78, 5) is 0. The number of rotatable bonds is 3. The van der Waals surface area contributed by atoms with Crippen molar-refractivity contribution in [3.05, 3.63) is 71.3 Å². The molecular formula is C16H18. The van der Waals surface area contributed by atoms with E-state index in [-0.39, 0.29) is 0 Å². The molecule has 82 valence electrons. The maximum Gasteiger partial charge on any atom is 0.00637 e. The first-order valence-corrected chi connectivity index (χ1v) is 5.95. The molecule has 0 saturated carbocycles. The molecule has 0 spiro atoms. The van der Waals surface area contributed by atoms with Crippen LogP contribution in [0.25, 0.3) is 0 Å². The highest BCUT2D eigenvalue weighted by Gasteiger charge is 2.10. The van der Waals surface area contributed by atoms with Crippen LogP contribution in [0.3, 0.4) is 0 Å². The van der Waals surface area contributed by atoms with Crippen molar-refractivity contribution in [2.24, 2.45) is 0 Å². The molecule has 0 saturated heterocycles. The summed E-state index contributed by atoms with van der Waals surface area (Å²) in [6.07, 6.45) is 1.10. The Kier molecular flexibility index (Phi) is 3.40. The maximum absolute atomic E-state index is 2.28. The Morgan fingerprint density at radius 3 is 2.19 bits per heavy atom. The zero-order valence-electron chi connectivity index (χ0n) is 9.98. The molecule has 0 heterocycles. The molecule has 0 aliphatic carbocycles. The van der Waals surface area contributed by atoms with Crippen LogP contribution in [0, 0.1) is 0 Å². The van der Waals surface area contributed by atoms with Crippen LogP contribution in [0.15, 0.2) is 54.6 Å². The molecule has 0 fully saturated rings. The van der Waals surface area contributed by atoms with Gasteiger partial charge in [0.05, 0.1) is 0 Å². The van der Waals surface area contributed by atoms with Gasteiger partial charge in [0, 0.05) is 5.92 Å². The zero-order chi connectivity index (χ0) is 11.4. The van der Waals surface area contributed by atoms with Crippen LogP contribution in [0.2, 0.25) is 0 Å². The first-order valence-electron chi connectivity index (χ1n) is 5.95. The minimum atomic E-state index is 0.484. The minimum Gasteiger partial charge on any atom is -0.0622 e. The van der Waals surface area contributed by atoms with Crippen molar-refractivity contribution in [2.45, 2.75) is 26.2 Å². The van der Waals surface area contributed by atoms with E-state index in [9.17, 15) is 0 Å². The lowest BCUT2D eigenvalue weighted by atomic mass is 9.89. The Bertz CT molecular complexity index is 443. The van der Waals surface area contributed by atoms with Gasteiger partial charge in [0.2, 0.25) is 0 Å². The van der Waals surface area contributed by atoms with Crippen molar-refractivity contribution < 1.29 is 0 Å². The summed E-state index contributed by atoms with van der Waals surface area (Å²) in [7, 11) is 0. The SMILES string of the molecule is CCc1ccccc1[C@H](C)c1ccccc1. The molecule has 2 aromatic carbocycles. The molecule has 1 atom stereocenters. The van der Waals surface area contributed by atoms with Gasteiger partial charge in [-0.25, -0.2) is 0 Å². The second-order valence-corrected chi connectivity index (χ2v) is 4.18. The predicted octanol–water partition coefficient (Wildman–Crippen LogP) is 4.40. The van der Waals surface area contributed by atoms with Crippen molar-refractivity contribution in [1.82, 2.24) is 0 Å². The van der Waals surface area contributed by atoms with E-state index < -0.39 is 0 Å². The minimum absolute atomic E-state index is 0.484. The Labute approximate surface area is 97.9 Å². The van der Waals surface area contributed by atoms with Crippen molar-refractivity contribution >= 4 is 0 Å². The monoisotopic (exact) mass is 210 g/mol. The lowest BCUT2D eigenvalue weighted by Crippen LogP contribution is -1.99. The molecule has 0 nitrogen and oxygen atoms in total. The van der Waals surface area contributed by atoms with E-state index >= 15 is 0 Å². The zero-order valence-corrected chi connectivity index (χ0v) is 9.98. The van der Waals surface area contributed by atoms with E-state index in [1.54, 1.807) is 0 Å². The summed E-state index contributed by atoms with van der Waals surface area (Å²) in [6, 6.07) is 19.4. The Balaban J connectivity index is 2.37. The first kappa shape index (κ1) is 10.9. The van der Waals surface area contributed by atoms with Gasteiger partial charge in [-0.2, -0.15) is 0 Å². The maximum atomic E-state index is 2.28. The molecule has 0 heteroatoms. The van der Waals surface area contributed by atoms with Gasteiger partial charge in [-0.15, -0.1) is 0 Å². The van der Waals surface area contributed by atoms with E-state index in [0.29, 0.717) is 5.92 Å². The summed E-state index contributed by atoms with van der Waals surface area (Å²) in [5.74, 6) is 0.484. The van der Waals surface area contributed by atoms with Crippen LogP contribution in [-0.2, 0) is 6.42 Å². The van der Waals surface area contributed by atoms with Gasteiger partial charge in [-0.1, -0.05) is 68.4 Å². The highest BCUT2D eigenvalue weighted by molar-refractivity contribution is 5.37.